The second kappa shape index (κ2) is 4.93. The van der Waals surface area contributed by atoms with Gasteiger partial charge in [0.2, 0.25) is 0 Å². The molecule has 3 nitrogen and oxygen atoms in total. The summed E-state index contributed by atoms with van der Waals surface area (Å²) in [6.45, 7) is 3.75. The summed E-state index contributed by atoms with van der Waals surface area (Å²) in [4.78, 5) is 13.2. The van der Waals surface area contributed by atoms with Crippen LogP contribution in [0.2, 0.25) is 0 Å². The Morgan fingerprint density at radius 3 is 2.74 bits per heavy atom. The highest BCUT2D eigenvalue weighted by atomic mass is 32.2. The summed E-state index contributed by atoms with van der Waals surface area (Å²) in [7, 11) is 0. The Balaban J connectivity index is 1.65. The van der Waals surface area contributed by atoms with Gasteiger partial charge in [-0.05, 0) is 26.0 Å². The Kier molecular flexibility index (Phi) is 3.41. The molecule has 4 heteroatoms. The predicted molar refractivity (Wildman–Crippen MR) is 74.1 cm³/mol. The lowest BCUT2D eigenvalue weighted by molar-refractivity contribution is -0.162. The number of ketones is 1. The van der Waals surface area contributed by atoms with E-state index < -0.39 is 5.79 Å². The summed E-state index contributed by atoms with van der Waals surface area (Å²) in [6.07, 6.45) is 0.153. The summed E-state index contributed by atoms with van der Waals surface area (Å²) in [6, 6.07) is 10.3. The number of carbonyl (C=O) groups is 1. The van der Waals surface area contributed by atoms with Crippen LogP contribution in [0.3, 0.4) is 0 Å². The Labute approximate surface area is 117 Å². The van der Waals surface area contributed by atoms with Gasteiger partial charge in [0.15, 0.2) is 11.6 Å². The lowest BCUT2D eigenvalue weighted by Gasteiger charge is -2.21. The number of Topliss-reactive ketones (excluding diaryl/α,β-unsaturated/α-hetero) is 1. The van der Waals surface area contributed by atoms with Gasteiger partial charge in [0, 0.05) is 23.0 Å². The maximum Gasteiger partial charge on any atom is 0.164 e. The first-order chi connectivity index (χ1) is 9.05. The first-order valence-corrected chi connectivity index (χ1v) is 7.60. The minimum atomic E-state index is -0.624. The van der Waals surface area contributed by atoms with Crippen molar-refractivity contribution in [3.8, 4) is 0 Å². The maximum atomic E-state index is 12.0. The maximum absolute atomic E-state index is 12.0. The third-order valence-corrected chi connectivity index (χ3v) is 4.78. The van der Waals surface area contributed by atoms with Crippen LogP contribution in [0, 0.1) is 5.92 Å². The van der Waals surface area contributed by atoms with Crippen molar-refractivity contribution in [2.75, 3.05) is 5.75 Å². The standard InChI is InChI=1S/C15H18O3S/c1-15(2)17-13-10(8-12(16)14(13)18-15)9-19-11-6-4-3-5-7-11/h3-7,10,13-14H,8-9H2,1-2H3/t10-,13-,14+/m1/s1. The first-order valence-electron chi connectivity index (χ1n) is 6.61. The minimum absolute atomic E-state index is 0.0706. The number of ether oxygens (including phenoxy) is 2. The van der Waals surface area contributed by atoms with Crippen LogP contribution in [0.4, 0.5) is 0 Å². The lowest BCUT2D eigenvalue weighted by atomic mass is 10.1. The molecule has 2 aliphatic rings. The smallest absolute Gasteiger partial charge is 0.164 e. The van der Waals surface area contributed by atoms with Crippen LogP contribution in [0.5, 0.6) is 0 Å². The molecular weight excluding hydrogens is 260 g/mol. The van der Waals surface area contributed by atoms with E-state index in [9.17, 15) is 4.79 Å². The average Bonchev–Trinajstić information content (AvgIpc) is 2.84. The summed E-state index contributed by atoms with van der Waals surface area (Å²) in [5.74, 6) is 0.718. The molecule has 0 amide bonds. The molecule has 1 aromatic rings. The Morgan fingerprint density at radius 1 is 1.26 bits per heavy atom. The zero-order valence-corrected chi connectivity index (χ0v) is 12.0. The van der Waals surface area contributed by atoms with Gasteiger partial charge >= 0.3 is 0 Å². The largest absolute Gasteiger partial charge is 0.344 e. The molecule has 3 rings (SSSR count). The van der Waals surface area contributed by atoms with Gasteiger partial charge in [0.25, 0.3) is 0 Å². The van der Waals surface area contributed by atoms with E-state index in [0.717, 1.165) is 5.75 Å². The van der Waals surface area contributed by atoms with Crippen LogP contribution in [0.25, 0.3) is 0 Å². The van der Waals surface area contributed by atoms with Crippen LogP contribution >= 0.6 is 11.8 Å². The monoisotopic (exact) mass is 278 g/mol. The second-order valence-corrected chi connectivity index (χ2v) is 6.67. The van der Waals surface area contributed by atoms with Crippen molar-refractivity contribution >= 4 is 17.5 Å². The SMILES string of the molecule is CC1(C)O[C@@H]2[C@@H](CSc3ccccc3)CC(=O)[C@@H]2O1. The van der Waals surface area contributed by atoms with E-state index >= 15 is 0 Å². The van der Waals surface area contributed by atoms with Crippen LogP contribution < -0.4 is 0 Å². The van der Waals surface area contributed by atoms with Crippen LogP contribution in [-0.4, -0.2) is 29.5 Å². The van der Waals surface area contributed by atoms with E-state index in [1.54, 1.807) is 11.8 Å². The topological polar surface area (TPSA) is 35.5 Å². The Hall–Kier alpha value is -0.840. The van der Waals surface area contributed by atoms with Gasteiger partial charge in [0.05, 0.1) is 6.10 Å². The van der Waals surface area contributed by atoms with Gasteiger partial charge < -0.3 is 9.47 Å². The highest BCUT2D eigenvalue weighted by Gasteiger charge is 2.53. The zero-order chi connectivity index (χ0) is 13.5. The number of benzene rings is 1. The fourth-order valence-corrected chi connectivity index (χ4v) is 3.81. The molecule has 1 aliphatic carbocycles. The van der Waals surface area contributed by atoms with E-state index in [1.165, 1.54) is 4.90 Å². The molecule has 102 valence electrons. The molecule has 0 N–H and O–H groups in total. The molecular formula is C15H18O3S. The van der Waals surface area contributed by atoms with E-state index in [4.69, 9.17) is 9.47 Å². The van der Waals surface area contributed by atoms with Gasteiger partial charge in [-0.2, -0.15) is 0 Å². The summed E-state index contributed by atoms with van der Waals surface area (Å²) in [5, 5.41) is 0. The molecule has 1 aliphatic heterocycles. The summed E-state index contributed by atoms with van der Waals surface area (Å²) < 4.78 is 11.6. The first kappa shape index (κ1) is 13.2. The minimum Gasteiger partial charge on any atom is -0.344 e. The van der Waals surface area contributed by atoms with E-state index in [1.807, 2.05) is 32.0 Å². The van der Waals surface area contributed by atoms with Crippen molar-refractivity contribution in [2.24, 2.45) is 5.92 Å². The number of fused-ring (bicyclic) bond motifs is 1. The average molecular weight is 278 g/mol. The molecule has 1 heterocycles. The lowest BCUT2D eigenvalue weighted by Crippen LogP contribution is -2.26. The number of carbonyl (C=O) groups excluding carboxylic acids is 1. The molecule has 1 aromatic carbocycles. The quantitative estimate of drug-likeness (QED) is 0.796. The van der Waals surface area contributed by atoms with E-state index in [2.05, 4.69) is 12.1 Å². The third-order valence-electron chi connectivity index (χ3n) is 3.58. The summed E-state index contributed by atoms with van der Waals surface area (Å²) in [5.41, 5.74) is 0. The van der Waals surface area contributed by atoms with Crippen LogP contribution in [0.1, 0.15) is 20.3 Å². The fraction of sp³-hybridized carbons (Fsp3) is 0.533. The Bertz CT molecular complexity index is 472. The molecule has 0 bridgehead atoms. The van der Waals surface area contributed by atoms with Crippen molar-refractivity contribution in [3.05, 3.63) is 30.3 Å². The number of hydrogen-bond acceptors (Lipinski definition) is 4. The normalized spacial score (nSPS) is 32.5. The van der Waals surface area contributed by atoms with Gasteiger partial charge in [0.1, 0.15) is 6.10 Å². The highest BCUT2D eigenvalue weighted by molar-refractivity contribution is 7.99. The summed E-state index contributed by atoms with van der Waals surface area (Å²) >= 11 is 1.78. The van der Waals surface area contributed by atoms with Crippen molar-refractivity contribution in [2.45, 2.75) is 43.2 Å². The molecule has 2 fully saturated rings. The van der Waals surface area contributed by atoms with E-state index in [-0.39, 0.29) is 23.9 Å². The number of rotatable bonds is 3. The van der Waals surface area contributed by atoms with Gasteiger partial charge in [-0.3, -0.25) is 4.79 Å². The molecule has 0 radical (unpaired) electrons. The fourth-order valence-electron chi connectivity index (χ4n) is 2.75. The van der Waals surface area contributed by atoms with Crippen molar-refractivity contribution in [1.29, 1.82) is 0 Å². The number of hydrogen-bond donors (Lipinski definition) is 0. The predicted octanol–water partition coefficient (Wildman–Crippen LogP) is 2.89. The molecule has 0 spiro atoms. The molecule has 0 unspecified atom stereocenters. The van der Waals surface area contributed by atoms with E-state index in [0.29, 0.717) is 6.42 Å². The number of thioether (sulfide) groups is 1. The highest BCUT2D eigenvalue weighted by Crippen LogP contribution is 2.41. The molecule has 3 atom stereocenters. The van der Waals surface area contributed by atoms with Gasteiger partial charge in [-0.25, -0.2) is 0 Å². The van der Waals surface area contributed by atoms with Crippen LogP contribution in [-0.2, 0) is 14.3 Å². The van der Waals surface area contributed by atoms with Crippen LogP contribution in [0.15, 0.2) is 35.2 Å². The zero-order valence-electron chi connectivity index (χ0n) is 11.2. The van der Waals surface area contributed by atoms with Gasteiger partial charge in [-0.15, -0.1) is 11.8 Å². The third kappa shape index (κ3) is 2.71. The second-order valence-electron chi connectivity index (χ2n) is 5.58. The molecule has 0 aromatic heterocycles. The molecule has 1 saturated carbocycles. The van der Waals surface area contributed by atoms with Crippen molar-refractivity contribution < 1.29 is 14.3 Å². The molecule has 19 heavy (non-hydrogen) atoms. The molecule has 1 saturated heterocycles. The Morgan fingerprint density at radius 2 is 2.00 bits per heavy atom. The van der Waals surface area contributed by atoms with Crippen molar-refractivity contribution in [1.82, 2.24) is 0 Å². The van der Waals surface area contributed by atoms with Gasteiger partial charge in [-0.1, -0.05) is 18.2 Å². The van der Waals surface area contributed by atoms with Crippen molar-refractivity contribution in [3.63, 3.8) is 0 Å².